The van der Waals surface area contributed by atoms with Gasteiger partial charge < -0.3 is 28.5 Å². The maximum absolute atomic E-state index is 5.77. The zero-order valence-corrected chi connectivity index (χ0v) is 17.7. The number of halogens is 2. The van der Waals surface area contributed by atoms with E-state index < -0.39 is 0 Å². The predicted molar refractivity (Wildman–Crippen MR) is 93.6 cm³/mol. The fraction of sp³-hybridized carbons (Fsp3) is 1.00. The Balaban J connectivity index is 0. The first-order valence-corrected chi connectivity index (χ1v) is 9.54. The van der Waals surface area contributed by atoms with E-state index in [4.69, 9.17) is 11.6 Å². The fourth-order valence-electron chi connectivity index (χ4n) is 2.80. The summed E-state index contributed by atoms with van der Waals surface area (Å²) in [7, 11) is 4.67. The molecule has 3 heteroatoms. The molecule has 21 heavy (non-hydrogen) atoms. The van der Waals surface area contributed by atoms with Gasteiger partial charge in [0.05, 0.1) is 27.2 Å². The van der Waals surface area contributed by atoms with Crippen LogP contribution in [0.3, 0.4) is 0 Å². The molecule has 0 bridgehead atoms. The van der Waals surface area contributed by atoms with Crippen LogP contribution in [0.25, 0.3) is 0 Å². The van der Waals surface area contributed by atoms with Crippen LogP contribution >= 0.6 is 11.6 Å². The molecule has 0 aliphatic carbocycles. The van der Waals surface area contributed by atoms with Crippen LogP contribution in [0.2, 0.25) is 0 Å². The second kappa shape index (κ2) is 17.3. The molecule has 0 aliphatic heterocycles. The second-order valence-corrected chi connectivity index (χ2v) is 7.34. The molecule has 0 radical (unpaired) electrons. The van der Waals surface area contributed by atoms with E-state index >= 15 is 0 Å². The summed E-state index contributed by atoms with van der Waals surface area (Å²) in [5.74, 6) is 0.805. The number of nitrogens with zero attached hydrogens (tertiary/aromatic N) is 1. The molecule has 0 fully saturated rings. The first-order valence-electron chi connectivity index (χ1n) is 9.00. The fourth-order valence-corrected chi connectivity index (χ4v) is 2.92. The van der Waals surface area contributed by atoms with Gasteiger partial charge in [-0.1, -0.05) is 64.7 Å². The molecule has 0 atom stereocenters. The topological polar surface area (TPSA) is 0 Å². The van der Waals surface area contributed by atoms with Crippen molar-refractivity contribution >= 4 is 11.6 Å². The van der Waals surface area contributed by atoms with Gasteiger partial charge in [-0.25, -0.2) is 0 Å². The minimum Gasteiger partial charge on any atom is -1.00 e. The van der Waals surface area contributed by atoms with Gasteiger partial charge in [0.1, 0.15) is 0 Å². The quantitative estimate of drug-likeness (QED) is 0.162. The van der Waals surface area contributed by atoms with Crippen molar-refractivity contribution < 1.29 is 28.5 Å². The molecule has 0 aliphatic rings. The van der Waals surface area contributed by atoms with E-state index in [9.17, 15) is 0 Å². The van der Waals surface area contributed by atoms with Crippen molar-refractivity contribution in [2.75, 3.05) is 33.1 Å². The van der Waals surface area contributed by atoms with E-state index in [2.05, 4.69) is 21.0 Å². The van der Waals surface area contributed by atoms with Gasteiger partial charge in [0.15, 0.2) is 0 Å². The van der Waals surface area contributed by atoms with Crippen molar-refractivity contribution in [3.63, 3.8) is 0 Å². The molecule has 0 aromatic heterocycles. The van der Waals surface area contributed by atoms with Gasteiger partial charge >= 0.3 is 0 Å². The molecular formula is C18H39ClIN. The van der Waals surface area contributed by atoms with Crippen molar-refractivity contribution in [1.29, 1.82) is 0 Å². The van der Waals surface area contributed by atoms with E-state index in [0.717, 1.165) is 16.8 Å². The van der Waals surface area contributed by atoms with Crippen molar-refractivity contribution in [2.45, 2.75) is 84.0 Å². The highest BCUT2D eigenvalue weighted by Gasteiger charge is 2.12. The summed E-state index contributed by atoms with van der Waals surface area (Å²) < 4.78 is 1.14. The lowest BCUT2D eigenvalue weighted by molar-refractivity contribution is -0.890. The van der Waals surface area contributed by atoms with E-state index in [1.807, 2.05) is 0 Å². The largest absolute Gasteiger partial charge is 1.00 e. The summed E-state index contributed by atoms with van der Waals surface area (Å²) in [4.78, 5) is 0. The molecule has 0 aromatic carbocycles. The first-order chi connectivity index (χ1) is 9.62. The summed E-state index contributed by atoms with van der Waals surface area (Å²) in [5.41, 5.74) is 0. The molecule has 0 N–H and O–H groups in total. The third kappa shape index (κ3) is 18.9. The van der Waals surface area contributed by atoms with Crippen molar-refractivity contribution in [2.24, 2.45) is 0 Å². The standard InChI is InChI=1S/C18H39ClN.HI/c1-4-5-6-7-8-9-10-11-12-13-14-17-20(2,3)18-15-16-19;/h4-18H2,1-3H3;1H/q+1;/p-1. The molecule has 0 saturated carbocycles. The van der Waals surface area contributed by atoms with Gasteiger partial charge in [0.2, 0.25) is 0 Å². The van der Waals surface area contributed by atoms with Crippen LogP contribution in [0.1, 0.15) is 84.0 Å². The lowest BCUT2D eigenvalue weighted by atomic mass is 10.1. The number of unbranched alkanes of at least 4 members (excludes halogenated alkanes) is 10. The number of rotatable bonds is 15. The number of hydrogen-bond donors (Lipinski definition) is 0. The molecule has 1 nitrogen and oxygen atoms in total. The lowest BCUT2D eigenvalue weighted by Gasteiger charge is -2.29. The summed E-state index contributed by atoms with van der Waals surface area (Å²) in [5, 5.41) is 0. The first kappa shape index (κ1) is 24.2. The molecule has 130 valence electrons. The monoisotopic (exact) mass is 431 g/mol. The van der Waals surface area contributed by atoms with Crippen molar-refractivity contribution in [1.82, 2.24) is 0 Å². The van der Waals surface area contributed by atoms with Crippen molar-refractivity contribution in [3.05, 3.63) is 0 Å². The summed E-state index contributed by atoms with van der Waals surface area (Å²) >= 11 is 5.77. The lowest BCUT2D eigenvalue weighted by Crippen LogP contribution is -3.00. The maximum Gasteiger partial charge on any atom is 0.0794 e. The molecule has 0 heterocycles. The second-order valence-electron chi connectivity index (χ2n) is 6.96. The van der Waals surface area contributed by atoms with Crippen LogP contribution in [0.15, 0.2) is 0 Å². The zero-order chi connectivity index (χ0) is 15.1. The summed E-state index contributed by atoms with van der Waals surface area (Å²) in [6.45, 7) is 4.82. The third-order valence-corrected chi connectivity index (χ3v) is 4.53. The Morgan fingerprint density at radius 2 is 1.00 bits per heavy atom. The highest BCUT2D eigenvalue weighted by Crippen LogP contribution is 2.12. The number of quaternary nitrogens is 1. The summed E-state index contributed by atoms with van der Waals surface area (Å²) in [6.07, 6.45) is 16.9. The molecule has 0 saturated heterocycles. The minimum absolute atomic E-state index is 0. The molecule has 0 amide bonds. The molecule has 0 aromatic rings. The van der Waals surface area contributed by atoms with E-state index in [-0.39, 0.29) is 24.0 Å². The van der Waals surface area contributed by atoms with Crippen LogP contribution in [0.5, 0.6) is 0 Å². The highest BCUT2D eigenvalue weighted by molar-refractivity contribution is 6.17. The van der Waals surface area contributed by atoms with Gasteiger partial charge in [0.25, 0.3) is 0 Å². The Kier molecular flexibility index (Phi) is 20.0. The van der Waals surface area contributed by atoms with Crippen molar-refractivity contribution in [3.8, 4) is 0 Å². The molecule has 0 rings (SSSR count). The van der Waals surface area contributed by atoms with Crippen LogP contribution in [0, 0.1) is 0 Å². The predicted octanol–water partition coefficient (Wildman–Crippen LogP) is 3.01. The van der Waals surface area contributed by atoms with Crippen LogP contribution in [0.4, 0.5) is 0 Å². The minimum atomic E-state index is 0. The highest BCUT2D eigenvalue weighted by atomic mass is 127. The summed E-state index contributed by atoms with van der Waals surface area (Å²) in [6, 6.07) is 0. The van der Waals surface area contributed by atoms with Gasteiger partial charge in [-0.15, -0.1) is 11.6 Å². The molecule has 0 unspecified atom stereocenters. The third-order valence-electron chi connectivity index (χ3n) is 4.26. The molecule has 0 spiro atoms. The van der Waals surface area contributed by atoms with Crippen LogP contribution < -0.4 is 24.0 Å². The van der Waals surface area contributed by atoms with Gasteiger partial charge in [-0.05, 0) is 12.8 Å². The maximum atomic E-state index is 5.77. The Morgan fingerprint density at radius 1 is 0.619 bits per heavy atom. The normalized spacial score (nSPS) is 11.4. The zero-order valence-electron chi connectivity index (χ0n) is 14.8. The van der Waals surface area contributed by atoms with E-state index in [1.54, 1.807) is 0 Å². The average molecular weight is 432 g/mol. The smallest absolute Gasteiger partial charge is 0.0794 e. The Labute approximate surface area is 156 Å². The van der Waals surface area contributed by atoms with Crippen LogP contribution in [-0.4, -0.2) is 37.5 Å². The number of hydrogen-bond acceptors (Lipinski definition) is 0. The SMILES string of the molecule is CCCCCCCCCCCCC[N+](C)(C)CCCCl.[I-]. The Hall–Kier alpha value is 0.980. The van der Waals surface area contributed by atoms with E-state index in [0.29, 0.717) is 0 Å². The van der Waals surface area contributed by atoms with Gasteiger partial charge in [0, 0.05) is 12.3 Å². The molecular weight excluding hydrogens is 393 g/mol. The average Bonchev–Trinajstić information content (AvgIpc) is 2.42. The van der Waals surface area contributed by atoms with E-state index in [1.165, 1.54) is 83.7 Å². The Bertz CT molecular complexity index is 198. The van der Waals surface area contributed by atoms with Gasteiger partial charge in [-0.2, -0.15) is 0 Å². The number of alkyl halides is 1. The van der Waals surface area contributed by atoms with Crippen LogP contribution in [-0.2, 0) is 0 Å². The van der Waals surface area contributed by atoms with Gasteiger partial charge in [-0.3, -0.25) is 0 Å². The Morgan fingerprint density at radius 3 is 1.43 bits per heavy atom.